The fourth-order valence-electron chi connectivity index (χ4n) is 3.24. The molecule has 1 heterocycles. The molecule has 0 fully saturated rings. The zero-order valence-corrected chi connectivity index (χ0v) is 17.9. The number of halogens is 2. The first kappa shape index (κ1) is 21.0. The van der Waals surface area contributed by atoms with Gasteiger partial charge in [-0.2, -0.15) is 9.78 Å². The molecule has 0 amide bonds. The molecule has 1 aromatic heterocycles. The van der Waals surface area contributed by atoms with Gasteiger partial charge < -0.3 is 0 Å². The number of hydrogen-bond donors (Lipinski definition) is 0. The predicted octanol–water partition coefficient (Wildman–Crippen LogP) is 4.76. The van der Waals surface area contributed by atoms with Crippen molar-refractivity contribution in [2.45, 2.75) is 4.90 Å². The molecule has 0 aliphatic heterocycles. The summed E-state index contributed by atoms with van der Waals surface area (Å²) in [6.45, 7) is 0. The van der Waals surface area contributed by atoms with Gasteiger partial charge in [0.25, 0.3) is 5.56 Å². The van der Waals surface area contributed by atoms with Crippen LogP contribution in [0.3, 0.4) is 0 Å². The molecule has 0 saturated heterocycles. The van der Waals surface area contributed by atoms with Gasteiger partial charge in [0.2, 0.25) is 0 Å². The Hall–Kier alpha value is -3.29. The summed E-state index contributed by atoms with van der Waals surface area (Å²) in [7, 11) is -3.36. The van der Waals surface area contributed by atoms with Gasteiger partial charge in [0, 0.05) is 16.8 Å². The molecule has 0 aliphatic carbocycles. The minimum Gasteiger partial charge on any atom is -0.267 e. The smallest absolute Gasteiger partial charge is 0.267 e. The highest BCUT2D eigenvalue weighted by molar-refractivity contribution is 7.90. The second-order valence-corrected chi connectivity index (χ2v) is 9.39. The number of aromatic nitrogens is 2. The first-order valence-corrected chi connectivity index (χ1v) is 11.5. The molecule has 0 unspecified atom stereocenters. The SMILES string of the molecule is CS(=O)(=O)c1ccc(-c2cnn(-c3cccc(Cl)c3)c(=O)c2-c2ccc(F)cc2)cc1. The third-order valence-electron chi connectivity index (χ3n) is 4.76. The van der Waals surface area contributed by atoms with Crippen LogP contribution in [-0.2, 0) is 9.84 Å². The zero-order chi connectivity index (χ0) is 22.2. The van der Waals surface area contributed by atoms with Crippen LogP contribution in [0.1, 0.15) is 0 Å². The van der Waals surface area contributed by atoms with Crippen LogP contribution in [0.5, 0.6) is 0 Å². The highest BCUT2D eigenvalue weighted by atomic mass is 35.5. The van der Waals surface area contributed by atoms with E-state index in [2.05, 4.69) is 5.10 Å². The number of hydrogen-bond acceptors (Lipinski definition) is 4. The van der Waals surface area contributed by atoms with Crippen molar-refractivity contribution in [3.05, 3.63) is 100 Å². The maximum Gasteiger partial charge on any atom is 0.279 e. The monoisotopic (exact) mass is 454 g/mol. The van der Waals surface area contributed by atoms with Gasteiger partial charge >= 0.3 is 0 Å². The van der Waals surface area contributed by atoms with E-state index in [-0.39, 0.29) is 4.90 Å². The maximum absolute atomic E-state index is 13.5. The number of sulfone groups is 1. The molecule has 0 spiro atoms. The molecule has 5 nitrogen and oxygen atoms in total. The average molecular weight is 455 g/mol. The van der Waals surface area contributed by atoms with Crippen LogP contribution in [0.2, 0.25) is 5.02 Å². The van der Waals surface area contributed by atoms with E-state index >= 15 is 0 Å². The third kappa shape index (κ3) is 4.28. The summed E-state index contributed by atoms with van der Waals surface area (Å²) in [6, 6.07) is 18.5. The fourth-order valence-corrected chi connectivity index (χ4v) is 4.06. The van der Waals surface area contributed by atoms with Gasteiger partial charge in [0.05, 0.1) is 22.3 Å². The molecule has 156 valence electrons. The van der Waals surface area contributed by atoms with E-state index < -0.39 is 21.2 Å². The Morgan fingerprint density at radius 2 is 1.58 bits per heavy atom. The summed E-state index contributed by atoms with van der Waals surface area (Å²) in [5.41, 5.74) is 1.98. The lowest BCUT2D eigenvalue weighted by Gasteiger charge is -2.13. The van der Waals surface area contributed by atoms with Crippen LogP contribution < -0.4 is 5.56 Å². The van der Waals surface area contributed by atoms with Crippen molar-refractivity contribution in [3.63, 3.8) is 0 Å². The van der Waals surface area contributed by atoms with Gasteiger partial charge in [-0.1, -0.05) is 41.9 Å². The highest BCUT2D eigenvalue weighted by Gasteiger charge is 2.17. The van der Waals surface area contributed by atoms with Gasteiger partial charge in [-0.25, -0.2) is 12.8 Å². The molecule has 0 aliphatic rings. The Kier molecular flexibility index (Phi) is 5.47. The number of rotatable bonds is 4. The molecule has 0 bridgehead atoms. The molecule has 0 radical (unpaired) electrons. The second-order valence-electron chi connectivity index (χ2n) is 6.93. The largest absolute Gasteiger partial charge is 0.279 e. The van der Waals surface area contributed by atoms with E-state index in [1.165, 1.54) is 47.3 Å². The first-order chi connectivity index (χ1) is 14.7. The normalized spacial score (nSPS) is 11.5. The Morgan fingerprint density at radius 1 is 0.935 bits per heavy atom. The molecule has 0 saturated carbocycles. The number of benzene rings is 3. The standard InChI is InChI=1S/C23H16ClFN2O3S/c1-31(29,30)20-11-7-15(8-12-20)21-14-26-27(19-4-2-3-17(24)13-19)23(28)22(21)16-5-9-18(25)10-6-16/h2-14H,1H3. The van der Waals surface area contributed by atoms with E-state index in [0.717, 1.165) is 6.26 Å². The van der Waals surface area contributed by atoms with Gasteiger partial charge in [-0.3, -0.25) is 4.79 Å². The maximum atomic E-state index is 13.5. The van der Waals surface area contributed by atoms with Crippen molar-refractivity contribution in [3.8, 4) is 27.9 Å². The first-order valence-electron chi connectivity index (χ1n) is 9.19. The van der Waals surface area contributed by atoms with Gasteiger partial charge in [0.15, 0.2) is 9.84 Å². The molecule has 8 heteroatoms. The van der Waals surface area contributed by atoms with Gasteiger partial charge in [-0.05, 0) is 53.6 Å². The zero-order valence-electron chi connectivity index (χ0n) is 16.3. The van der Waals surface area contributed by atoms with Crippen molar-refractivity contribution in [1.29, 1.82) is 0 Å². The van der Waals surface area contributed by atoms with Crippen LogP contribution in [0.4, 0.5) is 4.39 Å². The molecule has 0 N–H and O–H groups in total. The van der Waals surface area contributed by atoms with Gasteiger partial charge in [0.1, 0.15) is 5.82 Å². The van der Waals surface area contributed by atoms with Crippen LogP contribution in [-0.4, -0.2) is 24.5 Å². The second kappa shape index (κ2) is 8.09. The molecule has 3 aromatic carbocycles. The topological polar surface area (TPSA) is 69.0 Å². The van der Waals surface area contributed by atoms with E-state index in [4.69, 9.17) is 11.6 Å². The van der Waals surface area contributed by atoms with E-state index in [9.17, 15) is 17.6 Å². The van der Waals surface area contributed by atoms with Crippen molar-refractivity contribution >= 4 is 21.4 Å². The Labute approximate surface area is 183 Å². The van der Waals surface area contributed by atoms with Gasteiger partial charge in [-0.15, -0.1) is 0 Å². The summed E-state index contributed by atoms with van der Waals surface area (Å²) in [5.74, 6) is -0.424. The third-order valence-corrected chi connectivity index (χ3v) is 6.12. The summed E-state index contributed by atoms with van der Waals surface area (Å²) >= 11 is 6.07. The molecule has 0 atom stereocenters. The average Bonchev–Trinajstić information content (AvgIpc) is 2.74. The van der Waals surface area contributed by atoms with E-state index in [1.54, 1.807) is 36.4 Å². The van der Waals surface area contributed by atoms with Crippen LogP contribution in [0, 0.1) is 5.82 Å². The van der Waals surface area contributed by atoms with Crippen LogP contribution >= 0.6 is 11.6 Å². The van der Waals surface area contributed by atoms with Crippen LogP contribution in [0.15, 0.2) is 88.7 Å². The highest BCUT2D eigenvalue weighted by Crippen LogP contribution is 2.30. The van der Waals surface area contributed by atoms with Crippen molar-refractivity contribution in [1.82, 2.24) is 9.78 Å². The lowest BCUT2D eigenvalue weighted by molar-refractivity contribution is 0.602. The Morgan fingerprint density at radius 3 is 2.19 bits per heavy atom. The molecule has 4 aromatic rings. The van der Waals surface area contributed by atoms with Crippen molar-refractivity contribution < 1.29 is 12.8 Å². The van der Waals surface area contributed by atoms with E-state index in [1.807, 2.05) is 0 Å². The quantitative estimate of drug-likeness (QED) is 0.445. The minimum absolute atomic E-state index is 0.166. The summed E-state index contributed by atoms with van der Waals surface area (Å²) in [5, 5.41) is 4.75. The Bertz CT molecular complexity index is 1430. The predicted molar refractivity (Wildman–Crippen MR) is 119 cm³/mol. The molecule has 4 rings (SSSR count). The Balaban J connectivity index is 1.96. The summed E-state index contributed by atoms with van der Waals surface area (Å²) in [6.07, 6.45) is 2.65. The minimum atomic E-state index is -3.36. The summed E-state index contributed by atoms with van der Waals surface area (Å²) in [4.78, 5) is 13.6. The molecule has 31 heavy (non-hydrogen) atoms. The van der Waals surface area contributed by atoms with Crippen LogP contribution in [0.25, 0.3) is 27.9 Å². The van der Waals surface area contributed by atoms with Crippen molar-refractivity contribution in [2.24, 2.45) is 0 Å². The molecular weight excluding hydrogens is 439 g/mol. The van der Waals surface area contributed by atoms with Crippen molar-refractivity contribution in [2.75, 3.05) is 6.26 Å². The number of nitrogens with zero attached hydrogens (tertiary/aromatic N) is 2. The lowest BCUT2D eigenvalue weighted by atomic mass is 9.97. The lowest BCUT2D eigenvalue weighted by Crippen LogP contribution is -2.23. The fraction of sp³-hybridized carbons (Fsp3) is 0.0435. The molecular formula is C23H16ClFN2O3S. The van der Waals surface area contributed by atoms with E-state index in [0.29, 0.717) is 33.0 Å². The summed E-state index contributed by atoms with van der Waals surface area (Å²) < 4.78 is 38.3.